The van der Waals surface area contributed by atoms with Gasteiger partial charge in [0.05, 0.1) is 6.04 Å². The molecule has 0 saturated heterocycles. The molecule has 1 unspecified atom stereocenters. The molecule has 1 rings (SSSR count). The number of amides is 1. The van der Waals surface area contributed by atoms with Crippen molar-refractivity contribution in [2.45, 2.75) is 19.4 Å². The first-order valence-electron chi connectivity index (χ1n) is 4.36. The van der Waals surface area contributed by atoms with Gasteiger partial charge in [0.25, 0.3) is 0 Å². The normalized spacial score (nSPS) is 12.5. The number of carbonyl (C=O) groups is 1. The number of nitrogens with two attached hydrogens (primary N) is 1. The second kappa shape index (κ2) is 5.48. The van der Waals surface area contributed by atoms with Crippen LogP contribution in [0.25, 0.3) is 0 Å². The van der Waals surface area contributed by atoms with Crippen molar-refractivity contribution in [2.75, 3.05) is 6.54 Å². The Morgan fingerprint density at radius 1 is 1.79 bits per heavy atom. The average molecular weight is 277 g/mol. The summed E-state index contributed by atoms with van der Waals surface area (Å²) < 4.78 is 1.09. The lowest BCUT2D eigenvalue weighted by atomic mass is 10.3. The Bertz CT molecular complexity index is 312. The first kappa shape index (κ1) is 11.7. The summed E-state index contributed by atoms with van der Waals surface area (Å²) in [5.74, 6) is -0.0966. The number of hydrogen-bond acceptors (Lipinski definition) is 3. The summed E-state index contributed by atoms with van der Waals surface area (Å²) in [6.45, 7) is 2.32. The first-order chi connectivity index (χ1) is 6.59. The van der Waals surface area contributed by atoms with E-state index in [1.165, 1.54) is 4.88 Å². The zero-order chi connectivity index (χ0) is 10.6. The van der Waals surface area contributed by atoms with Gasteiger partial charge in [0.2, 0.25) is 5.91 Å². The van der Waals surface area contributed by atoms with Crippen molar-refractivity contribution in [3.63, 3.8) is 0 Å². The Labute approximate surface area is 95.8 Å². The predicted octanol–water partition coefficient (Wildman–Crippen LogP) is 1.52. The molecule has 0 aliphatic heterocycles. The van der Waals surface area contributed by atoms with Crippen LogP contribution in [-0.4, -0.2) is 18.5 Å². The van der Waals surface area contributed by atoms with Gasteiger partial charge in [-0.3, -0.25) is 4.79 Å². The van der Waals surface area contributed by atoms with Gasteiger partial charge in [-0.2, -0.15) is 0 Å². The minimum absolute atomic E-state index is 0.0966. The van der Waals surface area contributed by atoms with Crippen molar-refractivity contribution in [2.24, 2.45) is 5.73 Å². The monoisotopic (exact) mass is 276 g/mol. The molecule has 1 amide bonds. The third kappa shape index (κ3) is 3.77. The van der Waals surface area contributed by atoms with E-state index in [2.05, 4.69) is 27.3 Å². The molecule has 5 heteroatoms. The number of thiophene rings is 1. The molecule has 3 nitrogen and oxygen atoms in total. The highest BCUT2D eigenvalue weighted by atomic mass is 79.9. The smallest absolute Gasteiger partial charge is 0.236 e. The number of nitrogens with one attached hydrogen (secondary N) is 1. The molecule has 0 saturated carbocycles. The van der Waals surface area contributed by atoms with Gasteiger partial charge in [-0.1, -0.05) is 0 Å². The summed E-state index contributed by atoms with van der Waals surface area (Å²) in [6.07, 6.45) is 0.856. The molecule has 0 fully saturated rings. The Balaban J connectivity index is 2.25. The minimum Gasteiger partial charge on any atom is -0.354 e. The third-order valence-corrected chi connectivity index (χ3v) is 3.46. The van der Waals surface area contributed by atoms with Crippen LogP contribution in [-0.2, 0) is 11.2 Å². The average Bonchev–Trinajstić information content (AvgIpc) is 2.51. The van der Waals surface area contributed by atoms with Crippen LogP contribution in [0.3, 0.4) is 0 Å². The number of hydrogen-bond donors (Lipinski definition) is 2. The van der Waals surface area contributed by atoms with Crippen molar-refractivity contribution >= 4 is 33.2 Å². The number of carbonyl (C=O) groups excluding carboxylic acids is 1. The van der Waals surface area contributed by atoms with Gasteiger partial charge in [0, 0.05) is 21.3 Å². The molecular weight excluding hydrogens is 264 g/mol. The van der Waals surface area contributed by atoms with E-state index in [-0.39, 0.29) is 5.91 Å². The van der Waals surface area contributed by atoms with Gasteiger partial charge in [-0.05, 0) is 35.3 Å². The predicted molar refractivity (Wildman–Crippen MR) is 62.4 cm³/mol. The molecule has 1 aromatic heterocycles. The summed E-state index contributed by atoms with van der Waals surface area (Å²) in [6, 6.07) is 1.63. The molecule has 0 aromatic carbocycles. The van der Waals surface area contributed by atoms with Crippen LogP contribution >= 0.6 is 27.3 Å². The molecule has 14 heavy (non-hydrogen) atoms. The van der Waals surface area contributed by atoms with E-state index in [0.29, 0.717) is 6.54 Å². The van der Waals surface area contributed by atoms with Gasteiger partial charge in [0.1, 0.15) is 0 Å². The van der Waals surface area contributed by atoms with E-state index in [1.807, 2.05) is 5.38 Å². The van der Waals surface area contributed by atoms with E-state index in [4.69, 9.17) is 5.73 Å². The molecule has 1 heterocycles. The van der Waals surface area contributed by atoms with Crippen molar-refractivity contribution in [3.8, 4) is 0 Å². The van der Waals surface area contributed by atoms with Gasteiger partial charge in [0.15, 0.2) is 0 Å². The van der Waals surface area contributed by atoms with E-state index >= 15 is 0 Å². The fraction of sp³-hybridized carbons (Fsp3) is 0.444. The largest absolute Gasteiger partial charge is 0.354 e. The zero-order valence-corrected chi connectivity index (χ0v) is 10.3. The van der Waals surface area contributed by atoms with Crippen molar-refractivity contribution in [3.05, 3.63) is 20.8 Å². The number of halogens is 1. The fourth-order valence-corrected chi connectivity index (χ4v) is 2.41. The van der Waals surface area contributed by atoms with E-state index in [0.717, 1.165) is 10.9 Å². The Hall–Kier alpha value is -0.390. The highest BCUT2D eigenvalue weighted by Crippen LogP contribution is 2.19. The lowest BCUT2D eigenvalue weighted by Crippen LogP contribution is -2.39. The maximum Gasteiger partial charge on any atom is 0.236 e. The fourth-order valence-electron chi connectivity index (χ4n) is 0.955. The topological polar surface area (TPSA) is 55.1 Å². The molecule has 0 spiro atoms. The maximum atomic E-state index is 11.1. The van der Waals surface area contributed by atoms with Crippen LogP contribution in [0.1, 0.15) is 11.8 Å². The van der Waals surface area contributed by atoms with Crippen LogP contribution in [0.2, 0.25) is 0 Å². The van der Waals surface area contributed by atoms with Gasteiger partial charge in [-0.25, -0.2) is 0 Å². The summed E-state index contributed by atoms with van der Waals surface area (Å²) in [5, 5.41) is 4.80. The molecule has 78 valence electrons. The second-order valence-electron chi connectivity index (χ2n) is 3.06. The number of rotatable bonds is 4. The standard InChI is InChI=1S/C9H13BrN2OS/c1-6(11)9(13)12-3-2-8-4-7(10)5-14-8/h4-6H,2-3,11H2,1H3,(H,12,13). The Kier molecular flexibility index (Phi) is 4.57. The van der Waals surface area contributed by atoms with Crippen LogP contribution in [0, 0.1) is 0 Å². The van der Waals surface area contributed by atoms with Crippen molar-refractivity contribution in [1.82, 2.24) is 5.32 Å². The summed E-state index contributed by atoms with van der Waals surface area (Å²) >= 11 is 5.06. The molecule has 3 N–H and O–H groups in total. The van der Waals surface area contributed by atoms with Crippen molar-refractivity contribution in [1.29, 1.82) is 0 Å². The van der Waals surface area contributed by atoms with Crippen LogP contribution < -0.4 is 11.1 Å². The Morgan fingerprint density at radius 2 is 2.50 bits per heavy atom. The van der Waals surface area contributed by atoms with Gasteiger partial charge < -0.3 is 11.1 Å². The van der Waals surface area contributed by atoms with E-state index < -0.39 is 6.04 Å². The SMILES string of the molecule is CC(N)C(=O)NCCc1cc(Br)cs1. The maximum absolute atomic E-state index is 11.1. The van der Waals surface area contributed by atoms with E-state index in [1.54, 1.807) is 18.3 Å². The van der Waals surface area contributed by atoms with Gasteiger partial charge >= 0.3 is 0 Å². The lowest BCUT2D eigenvalue weighted by Gasteiger charge is -2.06. The van der Waals surface area contributed by atoms with Crippen molar-refractivity contribution < 1.29 is 4.79 Å². The molecular formula is C9H13BrN2OS. The second-order valence-corrected chi connectivity index (χ2v) is 4.97. The summed E-state index contributed by atoms with van der Waals surface area (Å²) in [5.41, 5.74) is 5.40. The molecule has 0 aliphatic rings. The lowest BCUT2D eigenvalue weighted by molar-refractivity contribution is -0.121. The third-order valence-electron chi connectivity index (χ3n) is 1.71. The minimum atomic E-state index is -0.426. The van der Waals surface area contributed by atoms with Gasteiger partial charge in [-0.15, -0.1) is 11.3 Å². The highest BCUT2D eigenvalue weighted by Gasteiger charge is 2.05. The molecule has 1 atom stereocenters. The molecule has 0 aliphatic carbocycles. The quantitative estimate of drug-likeness (QED) is 0.876. The van der Waals surface area contributed by atoms with E-state index in [9.17, 15) is 4.79 Å². The molecule has 0 radical (unpaired) electrons. The zero-order valence-electron chi connectivity index (χ0n) is 7.92. The highest BCUT2D eigenvalue weighted by molar-refractivity contribution is 9.10. The van der Waals surface area contributed by atoms with Crippen LogP contribution in [0.15, 0.2) is 15.9 Å². The van der Waals surface area contributed by atoms with Crippen LogP contribution in [0.4, 0.5) is 0 Å². The summed E-state index contributed by atoms with van der Waals surface area (Å²) in [7, 11) is 0. The summed E-state index contributed by atoms with van der Waals surface area (Å²) in [4.78, 5) is 12.3. The van der Waals surface area contributed by atoms with Crippen LogP contribution in [0.5, 0.6) is 0 Å². The Morgan fingerprint density at radius 3 is 3.00 bits per heavy atom. The molecule has 1 aromatic rings. The first-order valence-corrected chi connectivity index (χ1v) is 6.03. The molecule has 0 bridgehead atoms.